The standard InChI is InChI=1S/C10H9BrN2/c1-9(11)7-13(8-12)10-5-3-2-4-6-10/h2-6H,1,7H2. The van der Waals surface area contributed by atoms with Crippen molar-refractivity contribution >= 4 is 21.6 Å². The van der Waals surface area contributed by atoms with Gasteiger partial charge in [0, 0.05) is 4.48 Å². The Morgan fingerprint density at radius 3 is 2.54 bits per heavy atom. The average Bonchev–Trinajstić information content (AvgIpc) is 2.15. The molecule has 66 valence electrons. The molecule has 0 saturated heterocycles. The minimum absolute atomic E-state index is 0.501. The van der Waals surface area contributed by atoms with Crippen molar-refractivity contribution in [3.8, 4) is 6.19 Å². The van der Waals surface area contributed by atoms with Crippen LogP contribution in [0.25, 0.3) is 0 Å². The number of anilines is 1. The first-order valence-corrected chi connectivity index (χ1v) is 4.59. The molecule has 3 heteroatoms. The van der Waals surface area contributed by atoms with E-state index in [-0.39, 0.29) is 0 Å². The minimum Gasteiger partial charge on any atom is -0.275 e. The maximum atomic E-state index is 8.84. The fraction of sp³-hybridized carbons (Fsp3) is 0.100. The van der Waals surface area contributed by atoms with Crippen LogP contribution in [0.5, 0.6) is 0 Å². The van der Waals surface area contributed by atoms with Gasteiger partial charge >= 0.3 is 0 Å². The topological polar surface area (TPSA) is 27.0 Å². The summed E-state index contributed by atoms with van der Waals surface area (Å²) in [5, 5.41) is 8.84. The van der Waals surface area contributed by atoms with E-state index in [9.17, 15) is 0 Å². The first-order valence-electron chi connectivity index (χ1n) is 3.79. The number of hydrogen-bond acceptors (Lipinski definition) is 2. The van der Waals surface area contributed by atoms with Gasteiger partial charge in [-0.15, -0.1) is 0 Å². The van der Waals surface area contributed by atoms with Crippen molar-refractivity contribution in [3.05, 3.63) is 41.4 Å². The largest absolute Gasteiger partial charge is 0.275 e. The van der Waals surface area contributed by atoms with Gasteiger partial charge in [-0.1, -0.05) is 40.7 Å². The number of benzene rings is 1. The Bertz CT molecular complexity index is 327. The van der Waals surface area contributed by atoms with E-state index in [1.165, 1.54) is 0 Å². The lowest BCUT2D eigenvalue weighted by molar-refractivity contribution is 1.09. The number of rotatable bonds is 3. The summed E-state index contributed by atoms with van der Waals surface area (Å²) in [6, 6.07) is 9.49. The summed E-state index contributed by atoms with van der Waals surface area (Å²) >= 11 is 3.23. The Labute approximate surface area is 86.2 Å². The van der Waals surface area contributed by atoms with Crippen LogP contribution in [0.15, 0.2) is 41.4 Å². The third-order valence-corrected chi connectivity index (χ3v) is 1.77. The number of nitrogens with zero attached hydrogens (tertiary/aromatic N) is 2. The smallest absolute Gasteiger partial charge is 0.184 e. The van der Waals surface area contributed by atoms with Crippen LogP contribution in [0.1, 0.15) is 0 Å². The molecule has 0 bridgehead atoms. The zero-order valence-corrected chi connectivity index (χ0v) is 8.66. The highest BCUT2D eigenvalue weighted by atomic mass is 79.9. The molecule has 0 saturated carbocycles. The molecule has 0 atom stereocenters. The van der Waals surface area contributed by atoms with Gasteiger partial charge in [0.05, 0.1) is 12.2 Å². The molecule has 0 radical (unpaired) electrons. The van der Waals surface area contributed by atoms with E-state index in [4.69, 9.17) is 5.26 Å². The second-order valence-corrected chi connectivity index (χ2v) is 3.66. The summed E-state index contributed by atoms with van der Waals surface area (Å²) < 4.78 is 0.790. The van der Waals surface area contributed by atoms with Crippen molar-refractivity contribution in [3.63, 3.8) is 0 Å². The predicted molar refractivity (Wildman–Crippen MR) is 57.5 cm³/mol. The quantitative estimate of drug-likeness (QED) is 0.597. The van der Waals surface area contributed by atoms with Gasteiger partial charge in [-0.3, -0.25) is 4.90 Å². The minimum atomic E-state index is 0.501. The Morgan fingerprint density at radius 2 is 2.08 bits per heavy atom. The molecular formula is C10H9BrN2. The van der Waals surface area contributed by atoms with Crippen LogP contribution in [0.4, 0.5) is 5.69 Å². The second kappa shape index (κ2) is 4.68. The van der Waals surface area contributed by atoms with Crippen LogP contribution in [0, 0.1) is 11.5 Å². The van der Waals surface area contributed by atoms with Gasteiger partial charge in [0.25, 0.3) is 0 Å². The molecule has 0 aliphatic rings. The molecule has 2 nitrogen and oxygen atoms in total. The molecule has 0 heterocycles. The molecule has 0 spiro atoms. The Balaban J connectivity index is 2.80. The molecule has 1 aromatic carbocycles. The van der Waals surface area contributed by atoms with Crippen molar-refractivity contribution < 1.29 is 0 Å². The molecule has 13 heavy (non-hydrogen) atoms. The molecule has 1 aromatic rings. The normalized spacial score (nSPS) is 8.92. The predicted octanol–water partition coefficient (Wildman–Crippen LogP) is 2.88. The molecule has 0 aliphatic carbocycles. The summed E-state index contributed by atoms with van der Waals surface area (Å²) in [5.41, 5.74) is 0.880. The van der Waals surface area contributed by atoms with E-state index in [0.29, 0.717) is 6.54 Å². The second-order valence-electron chi connectivity index (χ2n) is 2.54. The van der Waals surface area contributed by atoms with Crippen LogP contribution < -0.4 is 4.90 Å². The molecule has 0 aliphatic heterocycles. The molecule has 0 fully saturated rings. The van der Waals surface area contributed by atoms with Gasteiger partial charge < -0.3 is 0 Å². The van der Waals surface area contributed by atoms with Crippen molar-refractivity contribution in [2.75, 3.05) is 11.4 Å². The van der Waals surface area contributed by atoms with Crippen molar-refractivity contribution in [2.45, 2.75) is 0 Å². The number of para-hydroxylation sites is 1. The number of halogens is 1. The highest BCUT2D eigenvalue weighted by Crippen LogP contribution is 2.14. The van der Waals surface area contributed by atoms with Crippen LogP contribution in [0.3, 0.4) is 0 Å². The molecule has 0 N–H and O–H groups in total. The van der Waals surface area contributed by atoms with Crippen molar-refractivity contribution in [2.24, 2.45) is 0 Å². The van der Waals surface area contributed by atoms with E-state index in [1.807, 2.05) is 30.3 Å². The first kappa shape index (κ1) is 9.82. The van der Waals surface area contributed by atoms with Crippen molar-refractivity contribution in [1.29, 1.82) is 5.26 Å². The zero-order valence-electron chi connectivity index (χ0n) is 7.07. The Kier molecular flexibility index (Phi) is 3.53. The lowest BCUT2D eigenvalue weighted by Gasteiger charge is -2.14. The zero-order chi connectivity index (χ0) is 9.68. The summed E-state index contributed by atoms with van der Waals surface area (Å²) in [6.07, 6.45) is 2.09. The Morgan fingerprint density at radius 1 is 1.46 bits per heavy atom. The third kappa shape index (κ3) is 2.92. The molecule has 0 aromatic heterocycles. The highest BCUT2D eigenvalue weighted by Gasteiger charge is 2.03. The monoisotopic (exact) mass is 236 g/mol. The number of nitriles is 1. The van der Waals surface area contributed by atoms with Gasteiger partial charge in [0.2, 0.25) is 0 Å². The van der Waals surface area contributed by atoms with E-state index in [2.05, 4.69) is 28.7 Å². The summed E-state index contributed by atoms with van der Waals surface area (Å²) in [6.45, 7) is 4.19. The lowest BCUT2D eigenvalue weighted by atomic mass is 10.3. The SMILES string of the molecule is C=C(Br)CN(C#N)c1ccccc1. The summed E-state index contributed by atoms with van der Waals surface area (Å²) in [7, 11) is 0. The summed E-state index contributed by atoms with van der Waals surface area (Å²) in [4.78, 5) is 1.57. The van der Waals surface area contributed by atoms with Crippen LogP contribution >= 0.6 is 15.9 Å². The molecular weight excluding hydrogens is 228 g/mol. The van der Waals surface area contributed by atoms with Gasteiger partial charge in [-0.2, -0.15) is 5.26 Å². The van der Waals surface area contributed by atoms with Crippen molar-refractivity contribution in [1.82, 2.24) is 0 Å². The lowest BCUT2D eigenvalue weighted by Crippen LogP contribution is -2.17. The van der Waals surface area contributed by atoms with E-state index >= 15 is 0 Å². The average molecular weight is 237 g/mol. The van der Waals surface area contributed by atoms with E-state index in [0.717, 1.165) is 10.2 Å². The molecule has 1 rings (SSSR count). The van der Waals surface area contributed by atoms with Gasteiger partial charge in [0.15, 0.2) is 6.19 Å². The maximum Gasteiger partial charge on any atom is 0.184 e. The third-order valence-electron chi connectivity index (χ3n) is 1.52. The van der Waals surface area contributed by atoms with Crippen LogP contribution in [0.2, 0.25) is 0 Å². The van der Waals surface area contributed by atoms with E-state index < -0.39 is 0 Å². The fourth-order valence-corrected chi connectivity index (χ4v) is 1.21. The van der Waals surface area contributed by atoms with E-state index in [1.54, 1.807) is 4.90 Å². The Hall–Kier alpha value is -1.27. The maximum absolute atomic E-state index is 8.84. The van der Waals surface area contributed by atoms with Crippen LogP contribution in [-0.4, -0.2) is 6.54 Å². The molecule has 0 amide bonds. The fourth-order valence-electron chi connectivity index (χ4n) is 0.964. The number of hydrogen-bond donors (Lipinski definition) is 0. The molecule has 0 unspecified atom stereocenters. The van der Waals surface area contributed by atoms with Gasteiger partial charge in [0.1, 0.15) is 0 Å². The summed E-state index contributed by atoms with van der Waals surface area (Å²) in [5.74, 6) is 0. The van der Waals surface area contributed by atoms with Crippen LogP contribution in [-0.2, 0) is 0 Å². The highest BCUT2D eigenvalue weighted by molar-refractivity contribution is 9.11. The van der Waals surface area contributed by atoms with Gasteiger partial charge in [-0.05, 0) is 12.1 Å². The van der Waals surface area contributed by atoms with Gasteiger partial charge in [-0.25, -0.2) is 0 Å². The first-order chi connectivity index (χ1) is 6.24.